The molecule has 1 fully saturated rings. The SMILES string of the molecule is Cn1cnc([N+](=O)[O-])c1NC(Cc1cc(F)cc(F)c1)C(O)CNC1(c2cccc(C(C)(C)C)c2)CCCCC1. The van der Waals surface area contributed by atoms with E-state index in [1.807, 2.05) is 0 Å². The van der Waals surface area contributed by atoms with E-state index < -0.39 is 28.7 Å². The molecule has 1 saturated carbocycles. The fourth-order valence-electron chi connectivity index (χ4n) is 5.61. The number of hydrogen-bond acceptors (Lipinski definition) is 6. The molecule has 2 atom stereocenters. The van der Waals surface area contributed by atoms with Crippen molar-refractivity contribution in [3.8, 4) is 0 Å². The molecule has 3 aromatic rings. The summed E-state index contributed by atoms with van der Waals surface area (Å²) >= 11 is 0. The number of anilines is 1. The van der Waals surface area contributed by atoms with Gasteiger partial charge in [0.1, 0.15) is 11.6 Å². The van der Waals surface area contributed by atoms with Gasteiger partial charge in [-0.25, -0.2) is 8.78 Å². The van der Waals surface area contributed by atoms with E-state index in [-0.39, 0.29) is 35.6 Å². The Kier molecular flexibility index (Phi) is 8.90. The highest BCUT2D eigenvalue weighted by atomic mass is 19.1. The molecule has 1 heterocycles. The van der Waals surface area contributed by atoms with Crippen molar-refractivity contribution in [3.63, 3.8) is 0 Å². The van der Waals surface area contributed by atoms with Gasteiger partial charge < -0.3 is 25.9 Å². The number of aliphatic hydroxyl groups excluding tert-OH is 1. The molecule has 2 aromatic carbocycles. The maximum Gasteiger partial charge on any atom is 0.406 e. The molecule has 4 rings (SSSR count). The van der Waals surface area contributed by atoms with E-state index >= 15 is 0 Å². The van der Waals surface area contributed by atoms with Gasteiger partial charge in [0.05, 0.1) is 12.1 Å². The summed E-state index contributed by atoms with van der Waals surface area (Å²) in [6.45, 7) is 6.71. The first-order chi connectivity index (χ1) is 18.9. The molecule has 10 heteroatoms. The third-order valence-electron chi connectivity index (χ3n) is 7.89. The average molecular weight is 556 g/mol. The molecule has 216 valence electrons. The smallest absolute Gasteiger partial charge is 0.390 e. The van der Waals surface area contributed by atoms with E-state index in [2.05, 4.69) is 60.7 Å². The third-order valence-corrected chi connectivity index (χ3v) is 7.89. The van der Waals surface area contributed by atoms with Crippen molar-refractivity contribution in [3.05, 3.63) is 87.2 Å². The monoisotopic (exact) mass is 555 g/mol. The largest absolute Gasteiger partial charge is 0.406 e. The van der Waals surface area contributed by atoms with Crippen LogP contribution in [0, 0.1) is 21.7 Å². The summed E-state index contributed by atoms with van der Waals surface area (Å²) < 4.78 is 29.5. The lowest BCUT2D eigenvalue weighted by Gasteiger charge is -2.41. The lowest BCUT2D eigenvalue weighted by molar-refractivity contribution is -0.388. The standard InChI is InChI=1S/C30H39F2N5O3/c1-29(2,3)21-9-8-10-22(16-21)30(11-6-5-7-12-30)34-18-26(38)25(15-20-13-23(31)17-24(32)14-20)35-28-27(37(39)40)33-19-36(28)4/h8-10,13-14,16-17,19,25-26,34-35,38H,5-7,11-12,15,18H2,1-4H3. The van der Waals surface area contributed by atoms with Crippen LogP contribution in [0.2, 0.25) is 0 Å². The first kappa shape index (κ1) is 29.6. The van der Waals surface area contributed by atoms with Crippen LogP contribution in [0.25, 0.3) is 0 Å². The Hall–Kier alpha value is -3.37. The highest BCUT2D eigenvalue weighted by molar-refractivity contribution is 5.53. The van der Waals surface area contributed by atoms with Crippen molar-refractivity contribution in [2.45, 2.75) is 82.4 Å². The van der Waals surface area contributed by atoms with Crippen LogP contribution in [0.15, 0.2) is 48.8 Å². The Morgan fingerprint density at radius 3 is 2.42 bits per heavy atom. The lowest BCUT2D eigenvalue weighted by atomic mass is 9.74. The lowest BCUT2D eigenvalue weighted by Crippen LogP contribution is -2.51. The predicted molar refractivity (Wildman–Crippen MR) is 151 cm³/mol. The maximum absolute atomic E-state index is 14.0. The second-order valence-electron chi connectivity index (χ2n) is 11.9. The van der Waals surface area contributed by atoms with Crippen LogP contribution in [0.1, 0.15) is 69.6 Å². The number of imidazole rings is 1. The molecule has 0 saturated heterocycles. The van der Waals surface area contributed by atoms with Crippen molar-refractivity contribution >= 4 is 11.6 Å². The molecular formula is C30H39F2N5O3. The molecule has 0 radical (unpaired) electrons. The Balaban J connectivity index is 1.62. The topological polar surface area (TPSA) is 105 Å². The van der Waals surface area contributed by atoms with Gasteiger partial charge in [-0.15, -0.1) is 0 Å². The van der Waals surface area contributed by atoms with Gasteiger partial charge in [-0.2, -0.15) is 0 Å². The number of nitrogens with one attached hydrogen (secondary N) is 2. The number of aromatic nitrogens is 2. The third kappa shape index (κ3) is 6.85. The minimum absolute atomic E-state index is 0.0154. The molecule has 1 aliphatic carbocycles. The van der Waals surface area contributed by atoms with E-state index in [0.29, 0.717) is 5.56 Å². The Morgan fingerprint density at radius 2 is 1.80 bits per heavy atom. The Labute approximate surface area is 234 Å². The number of benzene rings is 2. The minimum Gasteiger partial charge on any atom is -0.390 e. The zero-order chi connectivity index (χ0) is 29.1. The van der Waals surface area contributed by atoms with Crippen molar-refractivity contribution in [1.82, 2.24) is 14.9 Å². The second-order valence-corrected chi connectivity index (χ2v) is 11.9. The van der Waals surface area contributed by atoms with Crippen LogP contribution in [-0.4, -0.2) is 38.3 Å². The van der Waals surface area contributed by atoms with Crippen LogP contribution >= 0.6 is 0 Å². The Bertz CT molecular complexity index is 1310. The van der Waals surface area contributed by atoms with Crippen molar-refractivity contribution in [2.24, 2.45) is 7.05 Å². The maximum atomic E-state index is 14.0. The van der Waals surface area contributed by atoms with Crippen LogP contribution < -0.4 is 10.6 Å². The van der Waals surface area contributed by atoms with E-state index in [4.69, 9.17) is 0 Å². The molecule has 0 spiro atoms. The molecule has 3 N–H and O–H groups in total. The van der Waals surface area contributed by atoms with Gasteiger partial charge >= 0.3 is 5.82 Å². The quantitative estimate of drug-likeness (QED) is 0.218. The molecule has 40 heavy (non-hydrogen) atoms. The van der Waals surface area contributed by atoms with Crippen molar-refractivity contribution in [2.75, 3.05) is 11.9 Å². The van der Waals surface area contributed by atoms with Crippen LogP contribution in [0.4, 0.5) is 20.4 Å². The van der Waals surface area contributed by atoms with Gasteiger partial charge in [0.2, 0.25) is 12.1 Å². The first-order valence-corrected chi connectivity index (χ1v) is 13.8. The van der Waals surface area contributed by atoms with Gasteiger partial charge in [0, 0.05) is 25.2 Å². The molecule has 1 aliphatic rings. The fraction of sp³-hybridized carbons (Fsp3) is 0.500. The molecular weight excluding hydrogens is 516 g/mol. The second kappa shape index (κ2) is 12.0. The summed E-state index contributed by atoms with van der Waals surface area (Å²) in [6, 6.07) is 11.0. The van der Waals surface area contributed by atoms with Gasteiger partial charge in [-0.05, 0) is 63.4 Å². The summed E-state index contributed by atoms with van der Waals surface area (Å²) in [5.41, 5.74) is 2.37. The molecule has 1 aromatic heterocycles. The average Bonchev–Trinajstić information content (AvgIpc) is 3.26. The molecule has 0 aliphatic heterocycles. The summed E-state index contributed by atoms with van der Waals surface area (Å²) in [5, 5.41) is 29.8. The van der Waals surface area contributed by atoms with Crippen LogP contribution in [0.3, 0.4) is 0 Å². The highest BCUT2D eigenvalue weighted by Gasteiger charge is 2.36. The van der Waals surface area contributed by atoms with E-state index in [1.54, 1.807) is 7.05 Å². The van der Waals surface area contributed by atoms with E-state index in [0.717, 1.165) is 38.2 Å². The summed E-state index contributed by atoms with van der Waals surface area (Å²) in [7, 11) is 1.60. The molecule has 0 amide bonds. The van der Waals surface area contributed by atoms with Crippen molar-refractivity contribution < 1.29 is 18.8 Å². The number of nitro groups is 1. The summed E-state index contributed by atoms with van der Waals surface area (Å²) in [5.74, 6) is -1.74. The summed E-state index contributed by atoms with van der Waals surface area (Å²) in [6.07, 6.45) is 5.36. The van der Waals surface area contributed by atoms with Crippen LogP contribution in [-0.2, 0) is 24.4 Å². The number of aliphatic hydroxyl groups is 1. The zero-order valence-corrected chi connectivity index (χ0v) is 23.6. The number of rotatable bonds is 10. The molecule has 8 nitrogen and oxygen atoms in total. The number of nitrogens with zero attached hydrogens (tertiary/aromatic N) is 3. The van der Waals surface area contributed by atoms with Gasteiger partial charge in [-0.1, -0.05) is 64.3 Å². The summed E-state index contributed by atoms with van der Waals surface area (Å²) in [4.78, 5) is 14.8. The van der Waals surface area contributed by atoms with E-state index in [1.165, 1.54) is 34.2 Å². The van der Waals surface area contributed by atoms with Gasteiger partial charge in [0.15, 0.2) is 0 Å². The Morgan fingerprint density at radius 1 is 1.12 bits per heavy atom. The van der Waals surface area contributed by atoms with Gasteiger partial charge in [-0.3, -0.25) is 4.57 Å². The first-order valence-electron chi connectivity index (χ1n) is 13.8. The molecule has 2 unspecified atom stereocenters. The highest BCUT2D eigenvalue weighted by Crippen LogP contribution is 2.39. The number of aryl methyl sites for hydroxylation is 1. The van der Waals surface area contributed by atoms with E-state index in [9.17, 15) is 24.0 Å². The fourth-order valence-corrected chi connectivity index (χ4v) is 5.61. The zero-order valence-electron chi connectivity index (χ0n) is 23.6. The van der Waals surface area contributed by atoms with Gasteiger partial charge in [0.25, 0.3) is 0 Å². The molecule has 0 bridgehead atoms. The predicted octanol–water partition coefficient (Wildman–Crippen LogP) is 5.74. The van der Waals surface area contributed by atoms with Crippen LogP contribution in [0.5, 0.6) is 0 Å². The minimum atomic E-state index is -1.05. The van der Waals surface area contributed by atoms with Crippen molar-refractivity contribution in [1.29, 1.82) is 0 Å². The number of halogens is 2. The normalized spacial score (nSPS) is 16.9. The number of hydrogen-bond donors (Lipinski definition) is 3.